The number of amides is 2. The lowest BCUT2D eigenvalue weighted by atomic mass is 9.99. The summed E-state index contributed by atoms with van der Waals surface area (Å²) in [6.07, 6.45) is 2.03. The third-order valence-electron chi connectivity index (χ3n) is 4.55. The molecule has 5 nitrogen and oxygen atoms in total. The minimum atomic E-state index is -0.870. The summed E-state index contributed by atoms with van der Waals surface area (Å²) < 4.78 is 0. The smallest absolute Gasteiger partial charge is 0.324 e. The molecule has 0 radical (unpaired) electrons. The van der Waals surface area contributed by atoms with Gasteiger partial charge in [0.2, 0.25) is 0 Å². The van der Waals surface area contributed by atoms with Gasteiger partial charge in [0.15, 0.2) is 0 Å². The van der Waals surface area contributed by atoms with Crippen LogP contribution in [0, 0.1) is 5.92 Å². The van der Waals surface area contributed by atoms with Gasteiger partial charge in [-0.15, -0.1) is 0 Å². The van der Waals surface area contributed by atoms with Crippen molar-refractivity contribution in [3.8, 4) is 0 Å². The second-order valence-electron chi connectivity index (χ2n) is 6.01. The van der Waals surface area contributed by atoms with Gasteiger partial charge in [-0.1, -0.05) is 25.1 Å². The first-order valence-electron chi connectivity index (χ1n) is 7.46. The molecule has 1 fully saturated rings. The largest absolute Gasteiger partial charge is 0.481 e. The van der Waals surface area contributed by atoms with Crippen LogP contribution < -0.4 is 4.90 Å². The van der Waals surface area contributed by atoms with Gasteiger partial charge in [-0.2, -0.15) is 0 Å². The number of benzene rings is 1. The van der Waals surface area contributed by atoms with E-state index in [1.807, 2.05) is 23.1 Å². The van der Waals surface area contributed by atoms with Gasteiger partial charge in [-0.25, -0.2) is 4.79 Å². The summed E-state index contributed by atoms with van der Waals surface area (Å²) in [5.74, 6) is -0.828. The predicted octanol–water partition coefficient (Wildman–Crippen LogP) is 2.53. The highest BCUT2D eigenvalue weighted by Crippen LogP contribution is 2.37. The Bertz CT molecular complexity index is 564. The normalized spacial score (nSPS) is 22.2. The SMILES string of the molecule is CC1CCN(C(=O)N2CC(C(=O)O)c3ccccc32)CC1. The van der Waals surface area contributed by atoms with Crippen LogP contribution in [0.15, 0.2) is 24.3 Å². The van der Waals surface area contributed by atoms with Crippen molar-refractivity contribution in [3.05, 3.63) is 29.8 Å². The lowest BCUT2D eigenvalue weighted by Gasteiger charge is -2.33. The monoisotopic (exact) mass is 288 g/mol. The molecule has 1 aromatic carbocycles. The number of carboxylic acid groups (broad SMARTS) is 1. The van der Waals surface area contributed by atoms with E-state index in [-0.39, 0.29) is 12.6 Å². The van der Waals surface area contributed by atoms with Crippen LogP contribution in [0.2, 0.25) is 0 Å². The highest BCUT2D eigenvalue weighted by atomic mass is 16.4. The Morgan fingerprint density at radius 3 is 2.52 bits per heavy atom. The lowest BCUT2D eigenvalue weighted by molar-refractivity contribution is -0.138. The van der Waals surface area contributed by atoms with E-state index in [0.29, 0.717) is 5.92 Å². The molecule has 0 bridgehead atoms. The molecule has 1 atom stereocenters. The standard InChI is InChI=1S/C16H20N2O3/c1-11-6-8-17(9-7-11)16(21)18-10-13(15(19)20)12-4-2-3-5-14(12)18/h2-5,11,13H,6-10H2,1H3,(H,19,20). The number of fused-ring (bicyclic) bond motifs is 1. The Labute approximate surface area is 124 Å². The van der Waals surface area contributed by atoms with Crippen LogP contribution in [-0.4, -0.2) is 41.6 Å². The highest BCUT2D eigenvalue weighted by Gasteiger charge is 2.38. The minimum absolute atomic E-state index is 0.0573. The van der Waals surface area contributed by atoms with Crippen LogP contribution in [0.5, 0.6) is 0 Å². The molecule has 1 unspecified atom stereocenters. The van der Waals surface area contributed by atoms with Crippen molar-refractivity contribution in [1.29, 1.82) is 0 Å². The van der Waals surface area contributed by atoms with Crippen LogP contribution in [0.1, 0.15) is 31.2 Å². The summed E-state index contributed by atoms with van der Waals surface area (Å²) >= 11 is 0. The zero-order valence-electron chi connectivity index (χ0n) is 12.2. The molecule has 112 valence electrons. The van der Waals surface area contributed by atoms with Crippen LogP contribution in [0.4, 0.5) is 10.5 Å². The molecule has 2 aliphatic rings. The van der Waals surface area contributed by atoms with Gasteiger partial charge >= 0.3 is 12.0 Å². The molecule has 1 aromatic rings. The molecule has 3 rings (SSSR count). The average molecular weight is 288 g/mol. The Hall–Kier alpha value is -2.04. The number of urea groups is 1. The second-order valence-corrected chi connectivity index (χ2v) is 6.01. The zero-order valence-corrected chi connectivity index (χ0v) is 12.2. The number of hydrogen-bond donors (Lipinski definition) is 1. The van der Waals surface area contributed by atoms with Gasteiger partial charge in [-0.05, 0) is 30.4 Å². The number of para-hydroxylation sites is 1. The van der Waals surface area contributed by atoms with Crippen LogP contribution in [-0.2, 0) is 4.79 Å². The Balaban J connectivity index is 1.83. The summed E-state index contributed by atoms with van der Waals surface area (Å²) in [6.45, 7) is 3.96. The number of nitrogens with zero attached hydrogens (tertiary/aromatic N) is 2. The maximum atomic E-state index is 12.7. The molecule has 0 spiro atoms. The first-order valence-corrected chi connectivity index (χ1v) is 7.46. The Morgan fingerprint density at radius 1 is 1.19 bits per heavy atom. The predicted molar refractivity (Wildman–Crippen MR) is 79.5 cm³/mol. The van der Waals surface area contributed by atoms with E-state index in [1.54, 1.807) is 11.0 Å². The highest BCUT2D eigenvalue weighted by molar-refractivity contribution is 5.98. The number of rotatable bonds is 1. The van der Waals surface area contributed by atoms with Crippen LogP contribution in [0.25, 0.3) is 0 Å². The molecule has 21 heavy (non-hydrogen) atoms. The fraction of sp³-hybridized carbons (Fsp3) is 0.500. The second kappa shape index (κ2) is 5.39. The molecular weight excluding hydrogens is 268 g/mol. The number of piperidine rings is 1. The summed E-state index contributed by atoms with van der Waals surface area (Å²) in [4.78, 5) is 27.6. The van der Waals surface area contributed by atoms with Crippen molar-refractivity contribution in [1.82, 2.24) is 4.90 Å². The molecule has 1 N–H and O–H groups in total. The van der Waals surface area contributed by atoms with Crippen molar-refractivity contribution < 1.29 is 14.7 Å². The minimum Gasteiger partial charge on any atom is -0.481 e. The van der Waals surface area contributed by atoms with Gasteiger partial charge in [0.25, 0.3) is 0 Å². The molecular formula is C16H20N2O3. The van der Waals surface area contributed by atoms with E-state index >= 15 is 0 Å². The quantitative estimate of drug-likeness (QED) is 0.863. The Morgan fingerprint density at radius 2 is 1.86 bits per heavy atom. The van der Waals surface area contributed by atoms with E-state index in [0.717, 1.165) is 37.2 Å². The fourth-order valence-electron chi connectivity index (χ4n) is 3.17. The number of likely N-dealkylation sites (tertiary alicyclic amines) is 1. The van der Waals surface area contributed by atoms with Crippen molar-refractivity contribution in [3.63, 3.8) is 0 Å². The number of carboxylic acids is 1. The molecule has 2 heterocycles. The summed E-state index contributed by atoms with van der Waals surface area (Å²) in [6, 6.07) is 7.26. The summed E-state index contributed by atoms with van der Waals surface area (Å²) in [5.41, 5.74) is 1.48. The first kappa shape index (κ1) is 13.9. The molecule has 5 heteroatoms. The van der Waals surface area contributed by atoms with Gasteiger partial charge in [0, 0.05) is 25.3 Å². The number of anilines is 1. The van der Waals surface area contributed by atoms with E-state index < -0.39 is 11.9 Å². The van der Waals surface area contributed by atoms with Gasteiger partial charge < -0.3 is 10.0 Å². The van der Waals surface area contributed by atoms with E-state index in [4.69, 9.17) is 0 Å². The summed E-state index contributed by atoms with van der Waals surface area (Å²) in [7, 11) is 0. The van der Waals surface area contributed by atoms with Crippen molar-refractivity contribution in [2.45, 2.75) is 25.7 Å². The van der Waals surface area contributed by atoms with Crippen LogP contribution in [0.3, 0.4) is 0 Å². The third-order valence-corrected chi connectivity index (χ3v) is 4.55. The fourth-order valence-corrected chi connectivity index (χ4v) is 3.17. The van der Waals surface area contributed by atoms with Gasteiger partial charge in [0.1, 0.15) is 5.92 Å². The van der Waals surface area contributed by atoms with Crippen molar-refractivity contribution >= 4 is 17.7 Å². The number of hydrogen-bond acceptors (Lipinski definition) is 2. The van der Waals surface area contributed by atoms with E-state index in [9.17, 15) is 14.7 Å². The molecule has 0 saturated carbocycles. The van der Waals surface area contributed by atoms with E-state index in [1.165, 1.54) is 0 Å². The molecule has 1 saturated heterocycles. The van der Waals surface area contributed by atoms with Crippen molar-refractivity contribution in [2.24, 2.45) is 5.92 Å². The van der Waals surface area contributed by atoms with E-state index in [2.05, 4.69) is 6.92 Å². The van der Waals surface area contributed by atoms with Gasteiger partial charge in [-0.3, -0.25) is 9.69 Å². The lowest BCUT2D eigenvalue weighted by Crippen LogP contribution is -2.46. The molecule has 0 aromatic heterocycles. The number of aliphatic carboxylic acids is 1. The molecule has 2 amide bonds. The summed E-state index contributed by atoms with van der Waals surface area (Å²) in [5, 5.41) is 9.35. The molecule has 2 aliphatic heterocycles. The van der Waals surface area contributed by atoms with Crippen LogP contribution >= 0.6 is 0 Å². The maximum Gasteiger partial charge on any atom is 0.324 e. The van der Waals surface area contributed by atoms with Crippen molar-refractivity contribution in [2.75, 3.05) is 24.5 Å². The maximum absolute atomic E-state index is 12.7. The first-order chi connectivity index (χ1) is 10.1. The number of carbonyl (C=O) groups excluding carboxylic acids is 1. The van der Waals surface area contributed by atoms with Gasteiger partial charge in [0.05, 0.1) is 0 Å². The molecule has 0 aliphatic carbocycles. The average Bonchev–Trinajstić information content (AvgIpc) is 2.87. The zero-order chi connectivity index (χ0) is 15.0. The topological polar surface area (TPSA) is 60.9 Å². The Kier molecular flexibility index (Phi) is 3.57. The number of carbonyl (C=O) groups is 2. The third kappa shape index (κ3) is 2.48.